The summed E-state index contributed by atoms with van der Waals surface area (Å²) in [6, 6.07) is 16.9. The van der Waals surface area contributed by atoms with Gasteiger partial charge >= 0.3 is 17.1 Å². The molecule has 0 aliphatic rings. The molecule has 0 fully saturated rings. The number of rotatable bonds is 3. The van der Waals surface area contributed by atoms with Crippen molar-refractivity contribution in [2.75, 3.05) is 0 Å². The number of hydrazone groups is 1. The largest absolute Gasteiger partial charge is 2.00 e. The monoisotopic (exact) mass is 327 g/mol. The minimum absolute atomic E-state index is 0. The molecule has 5 nitrogen and oxygen atoms in total. The standard InChI is InChI=1S/C10H12N3O2.C5H5.Fe/c1-7(8(2)13-15)11-12-10(14)9-5-3-4-6-9;1-2-4-5-3-1;/h3-6,15H,1-2H3,(H,12,14);1-5H;/q2*-1;+2. The van der Waals surface area contributed by atoms with Gasteiger partial charge in [-0.1, -0.05) is 10.7 Å². The summed E-state index contributed by atoms with van der Waals surface area (Å²) >= 11 is 0. The van der Waals surface area contributed by atoms with Crippen LogP contribution in [-0.4, -0.2) is 22.5 Å². The summed E-state index contributed by atoms with van der Waals surface area (Å²) < 4.78 is 0. The van der Waals surface area contributed by atoms with Gasteiger partial charge in [-0.25, -0.2) is 12.1 Å². The molecule has 2 aromatic carbocycles. The molecule has 2 N–H and O–H groups in total. The molecular weight excluding hydrogens is 310 g/mol. The molecule has 1 amide bonds. The Balaban J connectivity index is 0.000000562. The van der Waals surface area contributed by atoms with Crippen LogP contribution >= 0.6 is 0 Å². The Bertz CT molecular complexity index is 541. The quantitative estimate of drug-likeness (QED) is 0.299. The zero-order chi connectivity index (χ0) is 14.8. The van der Waals surface area contributed by atoms with Crippen molar-refractivity contribution in [1.29, 1.82) is 0 Å². The molecule has 21 heavy (non-hydrogen) atoms. The molecule has 0 radical (unpaired) electrons. The molecule has 0 saturated heterocycles. The van der Waals surface area contributed by atoms with Crippen molar-refractivity contribution in [2.45, 2.75) is 13.8 Å². The van der Waals surface area contributed by atoms with Crippen LogP contribution in [0.4, 0.5) is 0 Å². The van der Waals surface area contributed by atoms with Crippen molar-refractivity contribution in [1.82, 2.24) is 5.43 Å². The van der Waals surface area contributed by atoms with Crippen molar-refractivity contribution in [3.8, 4) is 0 Å². The van der Waals surface area contributed by atoms with Crippen LogP contribution in [0.15, 0.2) is 64.9 Å². The minimum atomic E-state index is -0.287. The summed E-state index contributed by atoms with van der Waals surface area (Å²) in [5.41, 5.74) is 3.72. The van der Waals surface area contributed by atoms with Crippen LogP contribution in [0.3, 0.4) is 0 Å². The SMILES string of the molecule is CC(=NO)C(C)=NNC(=O)c1ccc[cH-]1.[Fe+2].c1cc[cH-]c1. The molecule has 2 aromatic rings. The molecule has 0 aliphatic carbocycles. The Morgan fingerprint density at radius 3 is 2.24 bits per heavy atom. The van der Waals surface area contributed by atoms with Gasteiger partial charge in [0.1, 0.15) is 0 Å². The van der Waals surface area contributed by atoms with E-state index < -0.39 is 0 Å². The van der Waals surface area contributed by atoms with Gasteiger partial charge in [0.15, 0.2) is 5.91 Å². The Morgan fingerprint density at radius 2 is 1.81 bits per heavy atom. The summed E-state index contributed by atoms with van der Waals surface area (Å²) in [6.07, 6.45) is 0. The first-order valence-electron chi connectivity index (χ1n) is 6.07. The zero-order valence-corrected chi connectivity index (χ0v) is 12.9. The van der Waals surface area contributed by atoms with Crippen molar-refractivity contribution >= 4 is 17.3 Å². The number of nitrogens with one attached hydrogen (secondary N) is 1. The van der Waals surface area contributed by atoms with Gasteiger partial charge in [0, 0.05) is 0 Å². The summed E-state index contributed by atoms with van der Waals surface area (Å²) in [7, 11) is 0. The summed E-state index contributed by atoms with van der Waals surface area (Å²) in [4.78, 5) is 11.4. The third-order valence-corrected chi connectivity index (χ3v) is 2.48. The fourth-order valence-electron chi connectivity index (χ4n) is 1.20. The van der Waals surface area contributed by atoms with E-state index in [0.29, 0.717) is 17.0 Å². The first kappa shape index (κ1) is 18.8. The topological polar surface area (TPSA) is 74.1 Å². The van der Waals surface area contributed by atoms with E-state index in [1.807, 2.05) is 30.3 Å². The van der Waals surface area contributed by atoms with Gasteiger partial charge in [-0.3, -0.25) is 5.43 Å². The summed E-state index contributed by atoms with van der Waals surface area (Å²) in [5, 5.41) is 15.2. The molecule has 0 aromatic heterocycles. The number of oxime groups is 1. The van der Waals surface area contributed by atoms with E-state index in [9.17, 15) is 4.79 Å². The van der Waals surface area contributed by atoms with Crippen LogP contribution in [0.2, 0.25) is 0 Å². The minimum Gasteiger partial charge on any atom is -0.411 e. The third-order valence-electron chi connectivity index (χ3n) is 2.48. The molecular formula is C15H17FeN3O2. The van der Waals surface area contributed by atoms with E-state index in [-0.39, 0.29) is 23.0 Å². The average Bonchev–Trinajstić information content (AvgIpc) is 3.18. The Kier molecular flexibility index (Phi) is 9.50. The second-order valence-electron chi connectivity index (χ2n) is 3.96. The Labute approximate surface area is 134 Å². The van der Waals surface area contributed by atoms with E-state index in [1.54, 1.807) is 38.1 Å². The molecule has 0 heterocycles. The molecule has 6 heteroatoms. The van der Waals surface area contributed by atoms with Crippen LogP contribution in [0.1, 0.15) is 24.2 Å². The molecule has 0 aliphatic heterocycles. The maximum Gasteiger partial charge on any atom is 2.00 e. The van der Waals surface area contributed by atoms with Crippen LogP contribution in [0.5, 0.6) is 0 Å². The second-order valence-corrected chi connectivity index (χ2v) is 3.96. The zero-order valence-electron chi connectivity index (χ0n) is 11.8. The summed E-state index contributed by atoms with van der Waals surface area (Å²) in [6.45, 7) is 3.23. The molecule has 0 unspecified atom stereocenters. The van der Waals surface area contributed by atoms with Gasteiger partial charge in [0.05, 0.1) is 11.4 Å². The van der Waals surface area contributed by atoms with Crippen molar-refractivity contribution in [3.63, 3.8) is 0 Å². The van der Waals surface area contributed by atoms with E-state index >= 15 is 0 Å². The second kappa shape index (κ2) is 10.6. The molecule has 0 atom stereocenters. The van der Waals surface area contributed by atoms with Crippen LogP contribution < -0.4 is 5.43 Å². The maximum absolute atomic E-state index is 11.4. The molecule has 112 valence electrons. The van der Waals surface area contributed by atoms with Gasteiger partial charge in [0.25, 0.3) is 0 Å². The Hall–Kier alpha value is -2.17. The van der Waals surface area contributed by atoms with Crippen LogP contribution in [0.25, 0.3) is 0 Å². The van der Waals surface area contributed by atoms with Gasteiger partial charge in [-0.05, 0) is 13.8 Å². The predicted molar refractivity (Wildman–Crippen MR) is 79.5 cm³/mol. The smallest absolute Gasteiger partial charge is 0.411 e. The van der Waals surface area contributed by atoms with E-state index in [2.05, 4.69) is 15.7 Å². The first-order valence-corrected chi connectivity index (χ1v) is 6.07. The van der Waals surface area contributed by atoms with E-state index in [4.69, 9.17) is 5.21 Å². The first-order chi connectivity index (χ1) is 9.65. The Morgan fingerprint density at radius 1 is 1.14 bits per heavy atom. The summed E-state index contributed by atoms with van der Waals surface area (Å²) in [5.74, 6) is -0.287. The fourth-order valence-corrected chi connectivity index (χ4v) is 1.20. The number of carbonyl (C=O) groups excluding carboxylic acids is 1. The maximum atomic E-state index is 11.4. The van der Waals surface area contributed by atoms with Gasteiger partial charge in [-0.2, -0.15) is 41.5 Å². The molecule has 0 bridgehead atoms. The van der Waals surface area contributed by atoms with Crippen LogP contribution in [-0.2, 0) is 17.1 Å². The number of hydrogen-bond donors (Lipinski definition) is 2. The molecule has 0 saturated carbocycles. The molecule has 0 spiro atoms. The van der Waals surface area contributed by atoms with Gasteiger partial charge in [-0.15, -0.1) is 6.07 Å². The normalized spacial score (nSPS) is 11.0. The third kappa shape index (κ3) is 7.25. The number of nitrogens with zero attached hydrogens (tertiary/aromatic N) is 2. The number of amides is 1. The van der Waals surface area contributed by atoms with Crippen LogP contribution in [0, 0.1) is 0 Å². The van der Waals surface area contributed by atoms with Crippen molar-refractivity contribution in [3.05, 3.63) is 60.2 Å². The van der Waals surface area contributed by atoms with Crippen molar-refractivity contribution in [2.24, 2.45) is 10.3 Å². The number of hydrogen-bond acceptors (Lipinski definition) is 4. The van der Waals surface area contributed by atoms with E-state index in [0.717, 1.165) is 0 Å². The van der Waals surface area contributed by atoms with E-state index in [1.165, 1.54) is 0 Å². The number of carbonyl (C=O) groups is 1. The average molecular weight is 327 g/mol. The van der Waals surface area contributed by atoms with Gasteiger partial charge < -0.3 is 10.0 Å². The molecule has 2 rings (SSSR count). The predicted octanol–water partition coefficient (Wildman–Crippen LogP) is 2.76. The fraction of sp³-hybridized carbons (Fsp3) is 0.133. The van der Waals surface area contributed by atoms with Gasteiger partial charge in [0.2, 0.25) is 0 Å². The van der Waals surface area contributed by atoms with Crippen molar-refractivity contribution < 1.29 is 27.1 Å².